The number of nitrogen functional groups attached to an aromatic ring is 1. The SMILES string of the molecule is C[n+]1ccn(CCCNCC(=O)N2CCCc3ccc(N)cc32)c1. The van der Waals surface area contributed by atoms with E-state index in [2.05, 4.69) is 22.4 Å². The summed E-state index contributed by atoms with van der Waals surface area (Å²) >= 11 is 0. The molecule has 2 heterocycles. The van der Waals surface area contributed by atoms with Gasteiger partial charge in [0.05, 0.1) is 20.1 Å². The maximum absolute atomic E-state index is 12.5. The smallest absolute Gasteiger partial charge is 0.243 e. The molecule has 6 nitrogen and oxygen atoms in total. The molecule has 1 aliphatic heterocycles. The minimum Gasteiger partial charge on any atom is -0.399 e. The van der Waals surface area contributed by atoms with Crippen LogP contribution in [-0.4, -0.2) is 30.1 Å². The zero-order chi connectivity index (χ0) is 16.9. The average Bonchev–Trinajstić information content (AvgIpc) is 2.99. The quantitative estimate of drug-likeness (QED) is 0.469. The number of rotatable bonds is 6. The monoisotopic (exact) mass is 328 g/mol. The van der Waals surface area contributed by atoms with Crippen LogP contribution in [0.25, 0.3) is 0 Å². The third-order valence-corrected chi connectivity index (χ3v) is 4.40. The first kappa shape index (κ1) is 16.5. The minimum absolute atomic E-state index is 0.119. The largest absolute Gasteiger partial charge is 0.399 e. The number of anilines is 2. The first-order valence-electron chi connectivity index (χ1n) is 8.54. The summed E-state index contributed by atoms with van der Waals surface area (Å²) in [5.74, 6) is 0.119. The Labute approximate surface area is 142 Å². The second-order valence-electron chi connectivity index (χ2n) is 6.38. The predicted molar refractivity (Wildman–Crippen MR) is 94.6 cm³/mol. The van der Waals surface area contributed by atoms with Crippen molar-refractivity contribution >= 4 is 17.3 Å². The fourth-order valence-corrected chi connectivity index (χ4v) is 3.16. The molecule has 0 saturated heterocycles. The van der Waals surface area contributed by atoms with Gasteiger partial charge < -0.3 is 16.0 Å². The van der Waals surface area contributed by atoms with Gasteiger partial charge in [-0.25, -0.2) is 9.13 Å². The Morgan fingerprint density at radius 1 is 1.42 bits per heavy atom. The van der Waals surface area contributed by atoms with Crippen LogP contribution in [0.15, 0.2) is 36.9 Å². The summed E-state index contributed by atoms with van der Waals surface area (Å²) in [6.45, 7) is 2.92. The van der Waals surface area contributed by atoms with E-state index in [1.807, 2.05) is 40.9 Å². The maximum atomic E-state index is 12.5. The lowest BCUT2D eigenvalue weighted by atomic mass is 10.0. The molecule has 1 amide bonds. The first-order valence-corrected chi connectivity index (χ1v) is 8.54. The molecule has 0 spiro atoms. The molecule has 1 aromatic heterocycles. The summed E-state index contributed by atoms with van der Waals surface area (Å²) in [7, 11) is 2.01. The van der Waals surface area contributed by atoms with Crippen molar-refractivity contribution < 1.29 is 9.36 Å². The molecule has 3 rings (SSSR count). The molecule has 0 radical (unpaired) electrons. The zero-order valence-corrected chi connectivity index (χ0v) is 14.2. The summed E-state index contributed by atoms with van der Waals surface area (Å²) in [5.41, 5.74) is 8.78. The van der Waals surface area contributed by atoms with Crippen molar-refractivity contribution in [2.75, 3.05) is 30.3 Å². The van der Waals surface area contributed by atoms with Gasteiger partial charge >= 0.3 is 0 Å². The Hall–Kier alpha value is -2.34. The van der Waals surface area contributed by atoms with Crippen LogP contribution in [0.4, 0.5) is 11.4 Å². The van der Waals surface area contributed by atoms with E-state index in [-0.39, 0.29) is 5.91 Å². The van der Waals surface area contributed by atoms with E-state index in [4.69, 9.17) is 5.73 Å². The maximum Gasteiger partial charge on any atom is 0.243 e. The van der Waals surface area contributed by atoms with E-state index in [0.717, 1.165) is 44.6 Å². The number of imidazole rings is 1. The standard InChI is InChI=1S/C18H26N5O/c1-21-10-11-22(14-21)8-3-7-20-13-18(24)23-9-2-4-15-5-6-16(19)12-17(15)23/h5-6,10-12,14,20H,2-4,7-9,13,19H2,1H3/q+1. The van der Waals surface area contributed by atoms with Gasteiger partial charge in [0, 0.05) is 17.9 Å². The molecule has 1 aromatic carbocycles. The lowest BCUT2D eigenvalue weighted by Gasteiger charge is -2.30. The van der Waals surface area contributed by atoms with E-state index >= 15 is 0 Å². The Morgan fingerprint density at radius 3 is 3.08 bits per heavy atom. The average molecular weight is 328 g/mol. The Balaban J connectivity index is 1.47. The molecule has 0 aliphatic carbocycles. The number of carbonyl (C=O) groups excluding carboxylic acids is 1. The molecule has 0 bridgehead atoms. The Morgan fingerprint density at radius 2 is 2.29 bits per heavy atom. The van der Waals surface area contributed by atoms with Gasteiger partial charge in [0.1, 0.15) is 12.4 Å². The van der Waals surface area contributed by atoms with Gasteiger partial charge in [-0.1, -0.05) is 6.07 Å². The number of fused-ring (bicyclic) bond motifs is 1. The third kappa shape index (κ3) is 3.94. The molecule has 2 aromatic rings. The van der Waals surface area contributed by atoms with Gasteiger partial charge in [-0.3, -0.25) is 4.79 Å². The predicted octanol–water partition coefficient (Wildman–Crippen LogP) is 0.854. The fraction of sp³-hybridized carbons (Fsp3) is 0.444. The van der Waals surface area contributed by atoms with E-state index in [9.17, 15) is 4.79 Å². The second kappa shape index (κ2) is 7.49. The molecule has 0 fully saturated rings. The van der Waals surface area contributed by atoms with Crippen molar-refractivity contribution in [3.05, 3.63) is 42.5 Å². The highest BCUT2D eigenvalue weighted by atomic mass is 16.2. The molecule has 6 heteroatoms. The Bertz CT molecular complexity index is 709. The number of nitrogens with two attached hydrogens (primary N) is 1. The topological polar surface area (TPSA) is 67.2 Å². The zero-order valence-electron chi connectivity index (χ0n) is 14.2. The summed E-state index contributed by atoms with van der Waals surface area (Å²) in [5, 5.41) is 3.26. The number of carbonyl (C=O) groups is 1. The molecule has 24 heavy (non-hydrogen) atoms. The normalized spacial score (nSPS) is 13.8. The second-order valence-corrected chi connectivity index (χ2v) is 6.38. The van der Waals surface area contributed by atoms with Crippen LogP contribution in [-0.2, 0) is 24.8 Å². The lowest BCUT2D eigenvalue weighted by molar-refractivity contribution is -0.671. The number of hydrogen-bond acceptors (Lipinski definition) is 3. The van der Waals surface area contributed by atoms with Crippen molar-refractivity contribution in [1.82, 2.24) is 9.88 Å². The lowest BCUT2D eigenvalue weighted by Crippen LogP contribution is -2.41. The van der Waals surface area contributed by atoms with E-state index in [1.54, 1.807) is 0 Å². The molecule has 0 unspecified atom stereocenters. The highest BCUT2D eigenvalue weighted by Gasteiger charge is 2.22. The van der Waals surface area contributed by atoms with Crippen molar-refractivity contribution in [3.63, 3.8) is 0 Å². The minimum atomic E-state index is 0.119. The van der Waals surface area contributed by atoms with E-state index in [0.29, 0.717) is 12.2 Å². The fourth-order valence-electron chi connectivity index (χ4n) is 3.16. The molecule has 0 saturated carbocycles. The number of aromatic nitrogens is 2. The van der Waals surface area contributed by atoms with Gasteiger partial charge in [0.2, 0.25) is 12.2 Å². The van der Waals surface area contributed by atoms with Gasteiger partial charge in [-0.15, -0.1) is 0 Å². The van der Waals surface area contributed by atoms with E-state index < -0.39 is 0 Å². The number of benzene rings is 1. The summed E-state index contributed by atoms with van der Waals surface area (Å²) in [6, 6.07) is 5.86. The van der Waals surface area contributed by atoms with Gasteiger partial charge in [0.15, 0.2) is 0 Å². The first-order chi connectivity index (χ1) is 11.6. The van der Waals surface area contributed by atoms with E-state index in [1.165, 1.54) is 5.56 Å². The number of hydrogen-bond donors (Lipinski definition) is 2. The van der Waals surface area contributed by atoms with Crippen LogP contribution in [0.1, 0.15) is 18.4 Å². The van der Waals surface area contributed by atoms with Crippen molar-refractivity contribution in [3.8, 4) is 0 Å². The van der Waals surface area contributed by atoms with Crippen LogP contribution >= 0.6 is 0 Å². The molecule has 128 valence electrons. The van der Waals surface area contributed by atoms with Crippen LogP contribution in [0.3, 0.4) is 0 Å². The van der Waals surface area contributed by atoms with Crippen LogP contribution in [0.5, 0.6) is 0 Å². The molecule has 1 aliphatic rings. The number of aryl methyl sites for hydroxylation is 3. The molecule has 0 atom stereocenters. The highest BCUT2D eigenvalue weighted by Crippen LogP contribution is 2.29. The highest BCUT2D eigenvalue weighted by molar-refractivity contribution is 5.96. The van der Waals surface area contributed by atoms with Gasteiger partial charge in [-0.05, 0) is 43.5 Å². The van der Waals surface area contributed by atoms with Crippen LogP contribution < -0.4 is 20.5 Å². The van der Waals surface area contributed by atoms with Crippen molar-refractivity contribution in [1.29, 1.82) is 0 Å². The molecular weight excluding hydrogens is 302 g/mol. The van der Waals surface area contributed by atoms with Crippen LogP contribution in [0.2, 0.25) is 0 Å². The van der Waals surface area contributed by atoms with Crippen molar-refractivity contribution in [2.45, 2.75) is 25.8 Å². The van der Waals surface area contributed by atoms with Gasteiger partial charge in [-0.2, -0.15) is 0 Å². The van der Waals surface area contributed by atoms with Crippen LogP contribution in [0, 0.1) is 0 Å². The van der Waals surface area contributed by atoms with Crippen molar-refractivity contribution in [2.24, 2.45) is 7.05 Å². The van der Waals surface area contributed by atoms with Gasteiger partial charge in [0.25, 0.3) is 0 Å². The Kier molecular flexibility index (Phi) is 5.15. The third-order valence-electron chi connectivity index (χ3n) is 4.40. The number of amides is 1. The summed E-state index contributed by atoms with van der Waals surface area (Å²) < 4.78 is 4.17. The number of nitrogens with one attached hydrogen (secondary N) is 1. The summed E-state index contributed by atoms with van der Waals surface area (Å²) in [4.78, 5) is 14.4. The molecule has 3 N–H and O–H groups in total. The summed E-state index contributed by atoms with van der Waals surface area (Å²) in [6.07, 6.45) is 9.15. The number of nitrogens with zero attached hydrogens (tertiary/aromatic N) is 3. The molecular formula is C18H26N5O+.